The van der Waals surface area contributed by atoms with Crippen LogP contribution in [0.4, 0.5) is 0 Å². The molecule has 2 rings (SSSR count). The van der Waals surface area contributed by atoms with Crippen LogP contribution in [0.2, 0.25) is 0 Å². The van der Waals surface area contributed by atoms with E-state index in [1.54, 1.807) is 12.3 Å². The zero-order valence-electron chi connectivity index (χ0n) is 6.73. The van der Waals surface area contributed by atoms with Crippen molar-refractivity contribution >= 4 is 23.5 Å². The molecule has 0 radical (unpaired) electrons. The molecular weight excluding hydrogens is 180 g/mol. The molecule has 1 aromatic carbocycles. The van der Waals surface area contributed by atoms with E-state index in [-0.39, 0.29) is 0 Å². The van der Waals surface area contributed by atoms with Crippen molar-refractivity contribution in [2.75, 3.05) is 0 Å². The van der Waals surface area contributed by atoms with E-state index in [9.17, 15) is 0 Å². The highest BCUT2D eigenvalue weighted by Crippen LogP contribution is 2.22. The molecule has 0 atom stereocenters. The Balaban J connectivity index is 2.95. The van der Waals surface area contributed by atoms with Crippen molar-refractivity contribution in [3.63, 3.8) is 0 Å². The number of thiol groups is 1. The van der Waals surface area contributed by atoms with E-state index in [0.29, 0.717) is 5.56 Å². The van der Waals surface area contributed by atoms with Crippen LogP contribution >= 0.6 is 12.6 Å². The summed E-state index contributed by atoms with van der Waals surface area (Å²) in [7, 11) is 0. The molecule has 1 heterocycles. The molecule has 62 valence electrons. The fourth-order valence-corrected chi connectivity index (χ4v) is 1.50. The summed E-state index contributed by atoms with van der Waals surface area (Å²) in [6.45, 7) is 0. The summed E-state index contributed by atoms with van der Waals surface area (Å²) >= 11 is 4.29. The SMILES string of the molecule is N#Cc1ccc(S)c2cccnc12. The normalized spacial score (nSPS) is 9.85. The number of aromatic nitrogens is 1. The van der Waals surface area contributed by atoms with Crippen LogP contribution in [0.1, 0.15) is 5.56 Å². The Morgan fingerprint density at radius 3 is 2.92 bits per heavy atom. The van der Waals surface area contributed by atoms with Crippen LogP contribution in [-0.2, 0) is 0 Å². The second kappa shape index (κ2) is 3.08. The summed E-state index contributed by atoms with van der Waals surface area (Å²) < 4.78 is 0. The van der Waals surface area contributed by atoms with Gasteiger partial charge < -0.3 is 0 Å². The minimum atomic E-state index is 0.591. The highest BCUT2D eigenvalue weighted by Gasteiger charge is 2.02. The Morgan fingerprint density at radius 2 is 2.15 bits per heavy atom. The average Bonchev–Trinajstić information content (AvgIpc) is 2.19. The number of hydrogen-bond donors (Lipinski definition) is 1. The van der Waals surface area contributed by atoms with E-state index in [1.165, 1.54) is 0 Å². The quantitative estimate of drug-likeness (QED) is 0.641. The van der Waals surface area contributed by atoms with Gasteiger partial charge in [-0.2, -0.15) is 5.26 Å². The Morgan fingerprint density at radius 1 is 1.31 bits per heavy atom. The lowest BCUT2D eigenvalue weighted by molar-refractivity contribution is 1.36. The van der Waals surface area contributed by atoms with Crippen LogP contribution < -0.4 is 0 Å². The largest absolute Gasteiger partial charge is 0.255 e. The summed E-state index contributed by atoms with van der Waals surface area (Å²) in [5.74, 6) is 0. The van der Waals surface area contributed by atoms with Gasteiger partial charge in [-0.15, -0.1) is 12.6 Å². The number of hydrogen-bond acceptors (Lipinski definition) is 3. The lowest BCUT2D eigenvalue weighted by atomic mass is 10.1. The molecule has 0 N–H and O–H groups in total. The first-order valence-electron chi connectivity index (χ1n) is 3.80. The van der Waals surface area contributed by atoms with Crippen LogP contribution in [-0.4, -0.2) is 4.98 Å². The van der Waals surface area contributed by atoms with Crippen molar-refractivity contribution < 1.29 is 0 Å². The first kappa shape index (κ1) is 8.09. The first-order chi connectivity index (χ1) is 6.33. The standard InChI is InChI=1S/C10H6N2S/c11-6-7-3-4-9(13)8-2-1-5-12-10(7)8/h1-5,13H. The summed E-state index contributed by atoms with van der Waals surface area (Å²) in [6, 6.07) is 9.39. The zero-order chi connectivity index (χ0) is 9.26. The summed E-state index contributed by atoms with van der Waals surface area (Å²) in [5.41, 5.74) is 1.31. The van der Waals surface area contributed by atoms with E-state index in [2.05, 4.69) is 23.7 Å². The molecule has 3 heteroatoms. The van der Waals surface area contributed by atoms with Gasteiger partial charge in [0.1, 0.15) is 6.07 Å². The van der Waals surface area contributed by atoms with Gasteiger partial charge in [-0.25, -0.2) is 0 Å². The Kier molecular flexibility index (Phi) is 1.91. The molecule has 0 bridgehead atoms. The highest BCUT2D eigenvalue weighted by molar-refractivity contribution is 7.80. The molecule has 0 aliphatic heterocycles. The van der Waals surface area contributed by atoms with Gasteiger partial charge in [0.2, 0.25) is 0 Å². The molecule has 13 heavy (non-hydrogen) atoms. The van der Waals surface area contributed by atoms with E-state index in [1.807, 2.05) is 18.2 Å². The molecule has 2 nitrogen and oxygen atoms in total. The number of pyridine rings is 1. The van der Waals surface area contributed by atoms with Gasteiger partial charge in [0.05, 0.1) is 11.1 Å². The van der Waals surface area contributed by atoms with Gasteiger partial charge in [-0.05, 0) is 18.2 Å². The first-order valence-corrected chi connectivity index (χ1v) is 4.24. The van der Waals surface area contributed by atoms with Gasteiger partial charge in [-0.3, -0.25) is 4.98 Å². The third-order valence-electron chi connectivity index (χ3n) is 1.87. The van der Waals surface area contributed by atoms with E-state index in [4.69, 9.17) is 5.26 Å². The topological polar surface area (TPSA) is 36.7 Å². The lowest BCUT2D eigenvalue weighted by Gasteiger charge is -2.00. The molecule has 0 saturated heterocycles. The summed E-state index contributed by atoms with van der Waals surface area (Å²) in [6.07, 6.45) is 1.68. The molecular formula is C10H6N2S. The predicted molar refractivity (Wildman–Crippen MR) is 53.7 cm³/mol. The van der Waals surface area contributed by atoms with Crippen molar-refractivity contribution in [2.45, 2.75) is 4.90 Å². The molecule has 0 fully saturated rings. The van der Waals surface area contributed by atoms with Crippen molar-refractivity contribution in [1.29, 1.82) is 5.26 Å². The second-order valence-electron chi connectivity index (χ2n) is 2.64. The fraction of sp³-hybridized carbons (Fsp3) is 0. The Bertz CT molecular complexity index is 500. The van der Waals surface area contributed by atoms with Crippen molar-refractivity contribution in [2.24, 2.45) is 0 Å². The number of fused-ring (bicyclic) bond motifs is 1. The maximum absolute atomic E-state index is 8.81. The smallest absolute Gasteiger partial charge is 0.101 e. The van der Waals surface area contributed by atoms with E-state index >= 15 is 0 Å². The molecule has 0 unspecified atom stereocenters. The minimum absolute atomic E-state index is 0.591. The zero-order valence-corrected chi connectivity index (χ0v) is 7.62. The molecule has 0 aliphatic carbocycles. The molecule has 0 aliphatic rings. The Labute approximate surface area is 81.2 Å². The molecule has 0 saturated carbocycles. The molecule has 2 aromatic rings. The third-order valence-corrected chi connectivity index (χ3v) is 2.26. The minimum Gasteiger partial charge on any atom is -0.255 e. The molecule has 1 aromatic heterocycles. The van der Waals surface area contributed by atoms with Crippen molar-refractivity contribution in [3.05, 3.63) is 36.0 Å². The maximum atomic E-state index is 8.81. The van der Waals surface area contributed by atoms with E-state index < -0.39 is 0 Å². The summed E-state index contributed by atoms with van der Waals surface area (Å²) in [5, 5.41) is 9.73. The van der Waals surface area contributed by atoms with Crippen LogP contribution in [0, 0.1) is 11.3 Å². The molecule has 0 amide bonds. The van der Waals surface area contributed by atoms with Crippen LogP contribution in [0.25, 0.3) is 10.9 Å². The third kappa shape index (κ3) is 1.25. The number of nitrogens with zero attached hydrogens (tertiary/aromatic N) is 2. The van der Waals surface area contributed by atoms with Gasteiger partial charge >= 0.3 is 0 Å². The monoisotopic (exact) mass is 186 g/mol. The van der Waals surface area contributed by atoms with Crippen LogP contribution in [0.5, 0.6) is 0 Å². The van der Waals surface area contributed by atoms with Gasteiger partial charge in [0.25, 0.3) is 0 Å². The summed E-state index contributed by atoms with van der Waals surface area (Å²) in [4.78, 5) is 4.99. The van der Waals surface area contributed by atoms with Crippen molar-refractivity contribution in [1.82, 2.24) is 4.98 Å². The lowest BCUT2D eigenvalue weighted by Crippen LogP contribution is -1.84. The van der Waals surface area contributed by atoms with Crippen molar-refractivity contribution in [3.8, 4) is 6.07 Å². The van der Waals surface area contributed by atoms with E-state index in [0.717, 1.165) is 15.8 Å². The Hall–Kier alpha value is -1.53. The second-order valence-corrected chi connectivity index (χ2v) is 3.13. The number of nitriles is 1. The average molecular weight is 186 g/mol. The number of rotatable bonds is 0. The maximum Gasteiger partial charge on any atom is 0.101 e. The molecule has 0 spiro atoms. The van der Waals surface area contributed by atoms with Crippen LogP contribution in [0.3, 0.4) is 0 Å². The fourth-order valence-electron chi connectivity index (χ4n) is 1.25. The number of benzene rings is 1. The van der Waals surface area contributed by atoms with Crippen LogP contribution in [0.15, 0.2) is 35.4 Å². The van der Waals surface area contributed by atoms with Gasteiger partial charge in [0, 0.05) is 16.5 Å². The highest BCUT2D eigenvalue weighted by atomic mass is 32.1. The van der Waals surface area contributed by atoms with Gasteiger partial charge in [-0.1, -0.05) is 6.07 Å². The van der Waals surface area contributed by atoms with Gasteiger partial charge in [0.15, 0.2) is 0 Å². The predicted octanol–water partition coefficient (Wildman–Crippen LogP) is 2.40.